The van der Waals surface area contributed by atoms with E-state index in [2.05, 4.69) is 0 Å². The van der Waals surface area contributed by atoms with Gasteiger partial charge >= 0.3 is 11.9 Å². The smallest absolute Gasteiger partial charge is 0.328 e. The molecule has 0 aromatic heterocycles. The number of fused-ring (bicyclic) bond motifs is 1. The summed E-state index contributed by atoms with van der Waals surface area (Å²) in [4.78, 5) is 19.1. The van der Waals surface area contributed by atoms with Gasteiger partial charge in [0.25, 0.3) is 0 Å². The van der Waals surface area contributed by atoms with E-state index in [1.54, 1.807) is 12.1 Å². The quantitative estimate of drug-likeness (QED) is 0.376. The summed E-state index contributed by atoms with van der Waals surface area (Å²) >= 11 is 0. The molecule has 0 aliphatic heterocycles. The lowest BCUT2D eigenvalue weighted by molar-refractivity contribution is -0.134. The van der Waals surface area contributed by atoms with Gasteiger partial charge in [0.15, 0.2) is 0 Å². The van der Waals surface area contributed by atoms with Crippen molar-refractivity contribution in [1.29, 1.82) is 0 Å². The minimum Gasteiger partial charge on any atom is -0.478 e. The molecule has 2 unspecified atom stereocenters. The Labute approximate surface area is 136 Å². The molecule has 0 spiro atoms. The number of benzene rings is 1. The average molecular weight is 326 g/mol. The molecule has 0 saturated carbocycles. The lowest BCUT2D eigenvalue weighted by atomic mass is 10.1. The molecule has 0 fully saturated rings. The zero-order chi connectivity index (χ0) is 16.0. The average Bonchev–Trinajstić information content (AvgIpc) is 2.75. The number of hydrogen-bond donors (Lipinski definition) is 4. The Bertz CT molecular complexity index is 527. The van der Waals surface area contributed by atoms with Crippen molar-refractivity contribution in [3.05, 3.63) is 47.5 Å². The van der Waals surface area contributed by atoms with Crippen LogP contribution in [0.4, 0.5) is 0 Å². The highest BCUT2D eigenvalue weighted by molar-refractivity contribution is 5.89. The Morgan fingerprint density at radius 1 is 1.17 bits per heavy atom. The number of carbonyl (C=O) groups is 2. The minimum atomic E-state index is -1.26. The first-order valence-corrected chi connectivity index (χ1v) is 6.20. The Morgan fingerprint density at radius 2 is 1.65 bits per heavy atom. The van der Waals surface area contributed by atoms with Gasteiger partial charge in [0.05, 0.1) is 12.1 Å². The number of likely N-dealkylation sites (N-methyl/N-ethyl adjacent to an activating group) is 1. The summed E-state index contributed by atoms with van der Waals surface area (Å²) < 4.78 is 0. The summed E-state index contributed by atoms with van der Waals surface area (Å²) in [5, 5.41) is 27.1. The van der Waals surface area contributed by atoms with Crippen molar-refractivity contribution in [3.8, 4) is 0 Å². The van der Waals surface area contributed by atoms with Crippen LogP contribution < -0.4 is 5.84 Å². The van der Waals surface area contributed by atoms with Crippen LogP contribution in [0.3, 0.4) is 0 Å². The molecule has 5 N–H and O–H groups in total. The molecule has 0 amide bonds. The van der Waals surface area contributed by atoms with E-state index in [0.29, 0.717) is 12.2 Å². The number of carboxylic acids is 2. The number of aliphatic carboxylic acids is 2. The van der Waals surface area contributed by atoms with Gasteiger partial charge in [0.2, 0.25) is 0 Å². The van der Waals surface area contributed by atoms with Crippen molar-refractivity contribution < 1.29 is 24.9 Å². The molecular weight excluding hydrogens is 300 g/mol. The van der Waals surface area contributed by atoms with Crippen LogP contribution in [0, 0.1) is 0 Å². The number of hydrogen-bond acceptors (Lipinski definition) is 5. The maximum atomic E-state index is 9.89. The molecule has 2 atom stereocenters. The van der Waals surface area contributed by atoms with E-state index in [9.17, 15) is 14.7 Å². The van der Waals surface area contributed by atoms with Crippen LogP contribution in [0.15, 0.2) is 36.4 Å². The van der Waals surface area contributed by atoms with Crippen LogP contribution in [-0.4, -0.2) is 45.4 Å². The van der Waals surface area contributed by atoms with Gasteiger partial charge in [-0.1, -0.05) is 39.1 Å². The second kappa shape index (κ2) is 10.5. The van der Waals surface area contributed by atoms with Crippen molar-refractivity contribution in [1.82, 2.24) is 5.01 Å². The Balaban J connectivity index is 0. The van der Waals surface area contributed by atoms with Crippen LogP contribution in [0.25, 0.3) is 0 Å². The van der Waals surface area contributed by atoms with E-state index in [0.717, 1.165) is 12.0 Å². The van der Waals surface area contributed by atoms with E-state index in [1.807, 2.05) is 24.3 Å². The number of aliphatic hydroxyl groups excluding tert-OH is 1. The zero-order valence-corrected chi connectivity index (χ0v) is 11.5. The zero-order valence-electron chi connectivity index (χ0n) is 11.5. The van der Waals surface area contributed by atoms with Gasteiger partial charge in [-0.25, -0.2) is 14.6 Å². The number of carboxylic acid groups (broad SMARTS) is 2. The Hall–Kier alpha value is -2.22. The van der Waals surface area contributed by atoms with E-state index in [1.165, 1.54) is 5.56 Å². The maximum Gasteiger partial charge on any atom is 0.328 e. The summed E-state index contributed by atoms with van der Waals surface area (Å²) in [5.74, 6) is 3.13. The standard InChI is InChI=1S/C10H14N2O.C4H4O4.2CH4/c1-12(11)9-6-7-4-2-3-5-8(7)10(9)13;5-3(6)1-2-4(7)8;;/h2-5,9-10,13H,6,11H2,1H3;1-2H,(H,5,6)(H,7,8);2*1H4/b;2-1-;;. The van der Waals surface area contributed by atoms with Crippen molar-refractivity contribution in [2.75, 3.05) is 7.05 Å². The highest BCUT2D eigenvalue weighted by Crippen LogP contribution is 2.32. The fourth-order valence-corrected chi connectivity index (χ4v) is 2.06. The van der Waals surface area contributed by atoms with Gasteiger partial charge in [-0.2, -0.15) is 0 Å². The monoisotopic (exact) mass is 326 g/mol. The van der Waals surface area contributed by atoms with Gasteiger partial charge in [-0.15, -0.1) is 0 Å². The summed E-state index contributed by atoms with van der Waals surface area (Å²) in [6.07, 6.45) is 1.51. The Kier molecular flexibility index (Phi) is 10.5. The highest BCUT2D eigenvalue weighted by Gasteiger charge is 2.32. The van der Waals surface area contributed by atoms with E-state index >= 15 is 0 Å². The molecular formula is C16H26N2O5. The molecule has 7 nitrogen and oxygen atoms in total. The molecule has 7 heteroatoms. The normalized spacial score (nSPS) is 18.3. The van der Waals surface area contributed by atoms with Crippen molar-refractivity contribution in [2.24, 2.45) is 5.84 Å². The predicted octanol–water partition coefficient (Wildman–Crippen LogP) is 1.43. The first-order valence-electron chi connectivity index (χ1n) is 6.20. The lowest BCUT2D eigenvalue weighted by Crippen LogP contribution is -2.40. The molecule has 2 rings (SSSR count). The third kappa shape index (κ3) is 7.05. The molecule has 0 heterocycles. The van der Waals surface area contributed by atoms with Crippen LogP contribution >= 0.6 is 0 Å². The predicted molar refractivity (Wildman–Crippen MR) is 88.7 cm³/mol. The number of rotatable bonds is 3. The molecule has 1 aromatic carbocycles. The van der Waals surface area contributed by atoms with Gasteiger partial charge < -0.3 is 15.3 Å². The summed E-state index contributed by atoms with van der Waals surface area (Å²) in [5.41, 5.74) is 2.22. The molecule has 130 valence electrons. The SMILES string of the molecule is C.C.CN(N)C1Cc2ccccc2C1O.O=C(O)/C=C\C(=O)O. The van der Waals surface area contributed by atoms with Crippen molar-refractivity contribution >= 4 is 11.9 Å². The topological polar surface area (TPSA) is 124 Å². The summed E-state index contributed by atoms with van der Waals surface area (Å²) in [6, 6.07) is 7.97. The Morgan fingerprint density at radius 3 is 2.04 bits per heavy atom. The third-order valence-corrected chi connectivity index (χ3v) is 3.06. The highest BCUT2D eigenvalue weighted by atomic mass is 16.4. The summed E-state index contributed by atoms with van der Waals surface area (Å²) in [6.45, 7) is 0. The van der Waals surface area contributed by atoms with Crippen LogP contribution in [0.1, 0.15) is 32.1 Å². The van der Waals surface area contributed by atoms with Gasteiger partial charge in [-0.3, -0.25) is 5.84 Å². The number of nitrogens with two attached hydrogens (primary N) is 1. The molecule has 0 saturated heterocycles. The molecule has 1 aliphatic carbocycles. The fraction of sp³-hybridized carbons (Fsp3) is 0.375. The second-order valence-electron chi connectivity index (χ2n) is 4.59. The van der Waals surface area contributed by atoms with E-state index in [-0.39, 0.29) is 20.9 Å². The lowest BCUT2D eigenvalue weighted by Gasteiger charge is -2.21. The maximum absolute atomic E-state index is 9.89. The van der Waals surface area contributed by atoms with Gasteiger partial charge in [-0.05, 0) is 17.5 Å². The van der Waals surface area contributed by atoms with E-state index < -0.39 is 18.0 Å². The molecule has 1 aromatic rings. The molecule has 0 radical (unpaired) electrons. The minimum absolute atomic E-state index is 0. The van der Waals surface area contributed by atoms with Crippen LogP contribution in [0.5, 0.6) is 0 Å². The van der Waals surface area contributed by atoms with Gasteiger partial charge in [0, 0.05) is 19.2 Å². The number of hydrazine groups is 1. The largest absolute Gasteiger partial charge is 0.478 e. The molecule has 23 heavy (non-hydrogen) atoms. The van der Waals surface area contributed by atoms with Crippen LogP contribution in [0.2, 0.25) is 0 Å². The second-order valence-corrected chi connectivity index (χ2v) is 4.59. The molecule has 1 aliphatic rings. The summed E-state index contributed by atoms with van der Waals surface area (Å²) in [7, 11) is 1.79. The van der Waals surface area contributed by atoms with Crippen molar-refractivity contribution in [3.63, 3.8) is 0 Å². The first-order chi connectivity index (χ1) is 9.82. The first kappa shape index (κ1) is 23.1. The molecule has 0 bridgehead atoms. The van der Waals surface area contributed by atoms with Gasteiger partial charge in [0.1, 0.15) is 0 Å². The number of aliphatic hydroxyl groups is 1. The van der Waals surface area contributed by atoms with E-state index in [4.69, 9.17) is 16.1 Å². The van der Waals surface area contributed by atoms with Crippen LogP contribution in [-0.2, 0) is 16.0 Å². The number of nitrogens with zero attached hydrogens (tertiary/aromatic N) is 1. The van der Waals surface area contributed by atoms with Crippen molar-refractivity contribution in [2.45, 2.75) is 33.4 Å². The third-order valence-electron chi connectivity index (χ3n) is 3.06. The fourth-order valence-electron chi connectivity index (χ4n) is 2.06.